The number of benzene rings is 1. The number of hydrogen-bond donors (Lipinski definition) is 0. The van der Waals surface area contributed by atoms with Gasteiger partial charge in [-0.3, -0.25) is 0 Å². The van der Waals surface area contributed by atoms with E-state index in [0.29, 0.717) is 5.92 Å². The standard InChI is InChI=1S/C13H16O2/c1-9(2)10-3-4-12-11(7-10)13(8-15-13)5-6-14-12/h3-4,7,9H,5-6,8H2,1-2H3. The third-order valence-electron chi connectivity index (χ3n) is 3.42. The minimum absolute atomic E-state index is 0.0124. The highest BCUT2D eigenvalue weighted by Gasteiger charge is 2.50. The minimum Gasteiger partial charge on any atom is -0.493 e. The maximum absolute atomic E-state index is 5.65. The minimum atomic E-state index is 0.0124. The van der Waals surface area contributed by atoms with Crippen LogP contribution in [0.2, 0.25) is 0 Å². The average molecular weight is 204 g/mol. The summed E-state index contributed by atoms with van der Waals surface area (Å²) in [6, 6.07) is 6.50. The van der Waals surface area contributed by atoms with Crippen LogP contribution in [0.15, 0.2) is 18.2 Å². The molecule has 0 N–H and O–H groups in total. The molecule has 0 aliphatic carbocycles. The summed E-state index contributed by atoms with van der Waals surface area (Å²) in [7, 11) is 0. The molecule has 0 radical (unpaired) electrons. The molecule has 0 bridgehead atoms. The van der Waals surface area contributed by atoms with Crippen molar-refractivity contribution in [3.8, 4) is 5.75 Å². The molecule has 1 spiro atoms. The lowest BCUT2D eigenvalue weighted by Gasteiger charge is -2.24. The molecule has 2 heteroatoms. The quantitative estimate of drug-likeness (QED) is 0.656. The first-order valence-corrected chi connectivity index (χ1v) is 5.62. The molecule has 1 saturated heterocycles. The van der Waals surface area contributed by atoms with Gasteiger partial charge in [0.15, 0.2) is 0 Å². The zero-order valence-corrected chi connectivity index (χ0v) is 9.25. The predicted octanol–water partition coefficient (Wildman–Crippen LogP) is 2.82. The van der Waals surface area contributed by atoms with E-state index in [1.165, 1.54) is 11.1 Å². The highest BCUT2D eigenvalue weighted by molar-refractivity contribution is 5.45. The molecule has 2 heterocycles. The van der Waals surface area contributed by atoms with Gasteiger partial charge in [0.2, 0.25) is 0 Å². The summed E-state index contributed by atoms with van der Waals surface area (Å²) in [5.74, 6) is 1.58. The van der Waals surface area contributed by atoms with E-state index in [9.17, 15) is 0 Å². The summed E-state index contributed by atoms with van der Waals surface area (Å²) in [4.78, 5) is 0. The Hall–Kier alpha value is -1.02. The van der Waals surface area contributed by atoms with Crippen molar-refractivity contribution in [1.82, 2.24) is 0 Å². The van der Waals surface area contributed by atoms with E-state index in [1.807, 2.05) is 0 Å². The van der Waals surface area contributed by atoms with Crippen molar-refractivity contribution in [2.24, 2.45) is 0 Å². The van der Waals surface area contributed by atoms with Gasteiger partial charge in [-0.2, -0.15) is 0 Å². The van der Waals surface area contributed by atoms with Gasteiger partial charge in [-0.1, -0.05) is 19.9 Å². The Labute approximate surface area is 90.2 Å². The van der Waals surface area contributed by atoms with Gasteiger partial charge in [0.1, 0.15) is 11.4 Å². The van der Waals surface area contributed by atoms with E-state index in [0.717, 1.165) is 25.4 Å². The van der Waals surface area contributed by atoms with Crippen molar-refractivity contribution in [3.05, 3.63) is 29.3 Å². The first-order chi connectivity index (χ1) is 7.21. The zero-order valence-electron chi connectivity index (χ0n) is 9.25. The second-order valence-corrected chi connectivity index (χ2v) is 4.79. The van der Waals surface area contributed by atoms with Crippen LogP contribution in [-0.4, -0.2) is 13.2 Å². The first kappa shape index (κ1) is 9.22. The lowest BCUT2D eigenvalue weighted by Crippen LogP contribution is -2.21. The van der Waals surface area contributed by atoms with Crippen molar-refractivity contribution in [2.75, 3.05) is 13.2 Å². The van der Waals surface area contributed by atoms with Gasteiger partial charge in [-0.15, -0.1) is 0 Å². The third kappa shape index (κ3) is 1.36. The van der Waals surface area contributed by atoms with Crippen molar-refractivity contribution >= 4 is 0 Å². The van der Waals surface area contributed by atoms with Crippen molar-refractivity contribution < 1.29 is 9.47 Å². The summed E-state index contributed by atoms with van der Waals surface area (Å²) in [5.41, 5.74) is 2.65. The molecule has 1 unspecified atom stereocenters. The molecular weight excluding hydrogens is 188 g/mol. The monoisotopic (exact) mass is 204 g/mol. The summed E-state index contributed by atoms with van der Waals surface area (Å²) < 4.78 is 11.3. The Morgan fingerprint density at radius 1 is 1.33 bits per heavy atom. The molecule has 80 valence electrons. The van der Waals surface area contributed by atoms with E-state index >= 15 is 0 Å². The van der Waals surface area contributed by atoms with Crippen LogP contribution in [0.25, 0.3) is 0 Å². The Balaban J connectivity index is 2.08. The normalized spacial score (nSPS) is 27.7. The molecule has 1 aromatic rings. The van der Waals surface area contributed by atoms with Crippen LogP contribution in [0.1, 0.15) is 37.3 Å². The number of epoxide rings is 1. The molecule has 15 heavy (non-hydrogen) atoms. The van der Waals surface area contributed by atoms with Crippen LogP contribution in [-0.2, 0) is 10.3 Å². The number of rotatable bonds is 1. The largest absolute Gasteiger partial charge is 0.493 e. The summed E-state index contributed by atoms with van der Waals surface area (Å²) >= 11 is 0. The molecular formula is C13H16O2. The molecule has 1 atom stereocenters. The number of fused-ring (bicyclic) bond motifs is 2. The smallest absolute Gasteiger partial charge is 0.125 e. The summed E-state index contributed by atoms with van der Waals surface area (Å²) in [6.07, 6.45) is 1.00. The van der Waals surface area contributed by atoms with Crippen LogP contribution < -0.4 is 4.74 Å². The van der Waals surface area contributed by atoms with Crippen molar-refractivity contribution in [2.45, 2.75) is 31.8 Å². The predicted molar refractivity (Wildman–Crippen MR) is 58.3 cm³/mol. The maximum Gasteiger partial charge on any atom is 0.125 e. The highest BCUT2D eigenvalue weighted by Crippen LogP contribution is 2.49. The molecule has 3 rings (SSSR count). The van der Waals surface area contributed by atoms with Gasteiger partial charge in [0, 0.05) is 12.0 Å². The van der Waals surface area contributed by atoms with Crippen molar-refractivity contribution in [1.29, 1.82) is 0 Å². The summed E-state index contributed by atoms with van der Waals surface area (Å²) in [5, 5.41) is 0. The van der Waals surface area contributed by atoms with Crippen LogP contribution in [0.5, 0.6) is 5.75 Å². The molecule has 1 fully saturated rings. The number of ether oxygens (including phenoxy) is 2. The maximum atomic E-state index is 5.65. The molecule has 2 aliphatic rings. The lowest BCUT2D eigenvalue weighted by molar-refractivity contribution is 0.192. The van der Waals surface area contributed by atoms with Gasteiger partial charge >= 0.3 is 0 Å². The second-order valence-electron chi connectivity index (χ2n) is 4.79. The fraction of sp³-hybridized carbons (Fsp3) is 0.538. The Morgan fingerprint density at radius 3 is 2.80 bits per heavy atom. The zero-order chi connectivity index (χ0) is 10.5. The molecule has 0 amide bonds. The van der Waals surface area contributed by atoms with Crippen LogP contribution in [0, 0.1) is 0 Å². The van der Waals surface area contributed by atoms with Crippen molar-refractivity contribution in [3.63, 3.8) is 0 Å². The average Bonchev–Trinajstić information content (AvgIpc) is 2.99. The summed E-state index contributed by atoms with van der Waals surface area (Å²) in [6.45, 7) is 6.08. The highest BCUT2D eigenvalue weighted by atomic mass is 16.6. The van der Waals surface area contributed by atoms with Crippen LogP contribution in [0.4, 0.5) is 0 Å². The molecule has 0 saturated carbocycles. The Morgan fingerprint density at radius 2 is 2.13 bits per heavy atom. The molecule has 2 aliphatic heterocycles. The fourth-order valence-corrected chi connectivity index (χ4v) is 2.24. The van der Waals surface area contributed by atoms with Crippen LogP contribution >= 0.6 is 0 Å². The van der Waals surface area contributed by atoms with Gasteiger partial charge in [-0.25, -0.2) is 0 Å². The van der Waals surface area contributed by atoms with Gasteiger partial charge in [0.05, 0.1) is 13.2 Å². The molecule has 2 nitrogen and oxygen atoms in total. The van der Waals surface area contributed by atoms with Crippen LogP contribution in [0.3, 0.4) is 0 Å². The SMILES string of the molecule is CC(C)c1ccc2c(c1)C1(CCO2)CO1. The third-order valence-corrected chi connectivity index (χ3v) is 3.42. The van der Waals surface area contributed by atoms with E-state index in [1.54, 1.807) is 0 Å². The first-order valence-electron chi connectivity index (χ1n) is 5.62. The Bertz CT molecular complexity index is 392. The fourth-order valence-electron chi connectivity index (χ4n) is 2.24. The topological polar surface area (TPSA) is 21.8 Å². The van der Waals surface area contributed by atoms with Gasteiger partial charge in [0.25, 0.3) is 0 Å². The molecule has 0 aromatic heterocycles. The van der Waals surface area contributed by atoms with E-state index in [-0.39, 0.29) is 5.60 Å². The van der Waals surface area contributed by atoms with Gasteiger partial charge in [-0.05, 0) is 23.6 Å². The lowest BCUT2D eigenvalue weighted by atomic mass is 9.90. The Kier molecular flexibility index (Phi) is 1.84. The van der Waals surface area contributed by atoms with Gasteiger partial charge < -0.3 is 9.47 Å². The second kappa shape index (κ2) is 2.99. The van der Waals surface area contributed by atoms with E-state index in [2.05, 4.69) is 32.0 Å². The number of hydrogen-bond acceptors (Lipinski definition) is 2. The molecule has 1 aromatic carbocycles. The van der Waals surface area contributed by atoms with E-state index < -0.39 is 0 Å². The van der Waals surface area contributed by atoms with E-state index in [4.69, 9.17) is 9.47 Å².